The highest BCUT2D eigenvalue weighted by Crippen LogP contribution is 2.31. The minimum absolute atomic E-state index is 0.480. The van der Waals surface area contributed by atoms with Gasteiger partial charge in [-0.1, -0.05) is 19.1 Å². The Morgan fingerprint density at radius 1 is 1.18 bits per heavy atom. The Bertz CT molecular complexity index is 1490. The summed E-state index contributed by atoms with van der Waals surface area (Å²) < 4.78 is 5.98. The quantitative estimate of drug-likeness (QED) is 0.237. The van der Waals surface area contributed by atoms with Gasteiger partial charge in [-0.25, -0.2) is 0 Å². The van der Waals surface area contributed by atoms with Crippen molar-refractivity contribution in [3.63, 3.8) is 0 Å². The maximum Gasteiger partial charge on any atom is 0.138 e. The summed E-state index contributed by atoms with van der Waals surface area (Å²) in [5.74, 6) is 0.732. The number of benzene rings is 1. The van der Waals surface area contributed by atoms with Gasteiger partial charge in [0.15, 0.2) is 0 Å². The number of hydrogen-bond donors (Lipinski definition) is 3. The summed E-state index contributed by atoms with van der Waals surface area (Å²) in [4.78, 5) is 14.4. The maximum atomic E-state index is 9.77. The van der Waals surface area contributed by atoms with Gasteiger partial charge in [0.25, 0.3) is 0 Å². The lowest BCUT2D eigenvalue weighted by Crippen LogP contribution is -2.46. The van der Waals surface area contributed by atoms with Crippen LogP contribution in [0.2, 0.25) is 0 Å². The number of aryl methyl sites for hydroxylation is 1. The zero-order valence-corrected chi connectivity index (χ0v) is 22.6. The van der Waals surface area contributed by atoms with Crippen LogP contribution in [0, 0.1) is 18.3 Å². The molecule has 1 aliphatic heterocycles. The fraction of sp³-hybridized carbons (Fsp3) is 0.323. The largest absolute Gasteiger partial charge is 0.491 e. The second-order valence-corrected chi connectivity index (χ2v) is 9.89. The van der Waals surface area contributed by atoms with Crippen molar-refractivity contribution >= 4 is 34.4 Å². The van der Waals surface area contributed by atoms with Crippen LogP contribution in [-0.4, -0.2) is 58.7 Å². The van der Waals surface area contributed by atoms with Crippen LogP contribution >= 0.6 is 0 Å². The molecule has 8 nitrogen and oxygen atoms in total. The number of nitriles is 1. The lowest BCUT2D eigenvalue weighted by atomic mass is 10.1. The number of fused-ring (bicyclic) bond motifs is 1. The number of piperidine rings is 1. The molecule has 0 radical (unpaired) electrons. The van der Waals surface area contributed by atoms with E-state index in [2.05, 4.69) is 56.5 Å². The molecule has 0 spiro atoms. The maximum absolute atomic E-state index is 9.77. The Balaban J connectivity index is 1.25. The molecule has 8 heteroatoms. The molecule has 200 valence electrons. The topological polar surface area (TPSA) is 102 Å². The molecular weight excluding hydrogens is 486 g/mol. The van der Waals surface area contributed by atoms with Crippen molar-refractivity contribution in [1.29, 1.82) is 5.26 Å². The molecule has 3 aromatic heterocycles. The molecule has 1 unspecified atom stereocenters. The second kappa shape index (κ2) is 12.6. The van der Waals surface area contributed by atoms with Gasteiger partial charge in [-0.2, -0.15) is 5.26 Å². The van der Waals surface area contributed by atoms with E-state index >= 15 is 0 Å². The van der Waals surface area contributed by atoms with Gasteiger partial charge in [-0.05, 0) is 68.2 Å². The van der Waals surface area contributed by atoms with E-state index in [4.69, 9.17) is 4.74 Å². The molecule has 1 atom stereocenters. The molecule has 5 rings (SSSR count). The highest BCUT2D eigenvalue weighted by Gasteiger charge is 2.17. The highest BCUT2D eigenvalue weighted by molar-refractivity contribution is 5.90. The van der Waals surface area contributed by atoms with E-state index in [0.29, 0.717) is 18.2 Å². The first-order valence-corrected chi connectivity index (χ1v) is 13.6. The number of likely N-dealkylation sites (tertiary alicyclic amines) is 1. The van der Waals surface area contributed by atoms with E-state index in [-0.39, 0.29) is 0 Å². The summed E-state index contributed by atoms with van der Waals surface area (Å²) >= 11 is 0. The van der Waals surface area contributed by atoms with E-state index in [9.17, 15) is 5.26 Å². The minimum atomic E-state index is 0.480. The lowest BCUT2D eigenvalue weighted by molar-refractivity contribution is 0.193. The number of aromatic nitrogens is 3. The molecule has 0 bridgehead atoms. The Morgan fingerprint density at radius 3 is 2.95 bits per heavy atom. The summed E-state index contributed by atoms with van der Waals surface area (Å²) in [6.45, 7) is 9.11. The van der Waals surface area contributed by atoms with E-state index in [1.807, 2.05) is 36.5 Å². The monoisotopic (exact) mass is 521 g/mol. The number of hydrogen-bond acceptors (Lipinski definition) is 7. The van der Waals surface area contributed by atoms with Gasteiger partial charge in [-0.15, -0.1) is 0 Å². The van der Waals surface area contributed by atoms with Crippen LogP contribution < -0.4 is 15.4 Å². The van der Waals surface area contributed by atoms with Crippen molar-refractivity contribution in [3.8, 4) is 11.8 Å². The molecule has 39 heavy (non-hydrogen) atoms. The third-order valence-electron chi connectivity index (χ3n) is 7.31. The predicted octanol–water partition coefficient (Wildman–Crippen LogP) is 5.50. The van der Waals surface area contributed by atoms with Crippen LogP contribution in [-0.2, 0) is 0 Å². The number of ether oxygens (including phenoxy) is 1. The minimum Gasteiger partial charge on any atom is -0.491 e. The van der Waals surface area contributed by atoms with Crippen LogP contribution in [0.5, 0.6) is 5.75 Å². The standard InChI is InChI=1S/C31H35N7O/c1-3-38-13-4-5-26(21-38)35-12-14-39-27-15-23(17-33-20-27)6-7-24-18-34-19-25(16-32)31(24)37-29-8-9-30-28(22(29)2)10-11-36-30/h6-11,15,17-20,26,35-36H,3-5,12-14,21H2,1-2H3,(H,34,37)/b7-6+. The fourth-order valence-electron chi connectivity index (χ4n) is 5.11. The van der Waals surface area contributed by atoms with Crippen LogP contribution in [0.3, 0.4) is 0 Å². The van der Waals surface area contributed by atoms with Crippen LogP contribution in [0.4, 0.5) is 11.4 Å². The summed E-state index contributed by atoms with van der Waals surface area (Å²) in [7, 11) is 0. The van der Waals surface area contributed by atoms with E-state index in [0.717, 1.165) is 64.4 Å². The Hall–Kier alpha value is -4.19. The SMILES string of the molecule is CCN1CCCC(NCCOc2cncc(/C=C/c3cncc(C#N)c3Nc3ccc4[nH]ccc4c3C)c2)C1. The molecule has 4 heterocycles. The molecule has 3 N–H and O–H groups in total. The van der Waals surface area contributed by atoms with Crippen LogP contribution in [0.15, 0.2) is 55.2 Å². The summed E-state index contributed by atoms with van der Waals surface area (Å²) in [5.41, 5.74) is 6.05. The summed E-state index contributed by atoms with van der Waals surface area (Å²) in [5, 5.41) is 18.0. The van der Waals surface area contributed by atoms with Crippen LogP contribution in [0.1, 0.15) is 42.0 Å². The van der Waals surface area contributed by atoms with Gasteiger partial charge in [0.2, 0.25) is 0 Å². The van der Waals surface area contributed by atoms with Gasteiger partial charge in [0.05, 0.1) is 17.4 Å². The van der Waals surface area contributed by atoms with Crippen molar-refractivity contribution in [2.24, 2.45) is 0 Å². The first-order valence-electron chi connectivity index (χ1n) is 13.6. The van der Waals surface area contributed by atoms with Crippen molar-refractivity contribution in [3.05, 3.63) is 77.5 Å². The second-order valence-electron chi connectivity index (χ2n) is 9.89. The molecule has 1 aliphatic rings. The van der Waals surface area contributed by atoms with E-state index in [1.54, 1.807) is 24.8 Å². The number of nitrogens with one attached hydrogen (secondary N) is 3. The number of rotatable bonds is 10. The number of aromatic amines is 1. The third-order valence-corrected chi connectivity index (χ3v) is 7.31. The van der Waals surface area contributed by atoms with Crippen molar-refractivity contribution in [2.75, 3.05) is 38.1 Å². The Morgan fingerprint density at radius 2 is 2.08 bits per heavy atom. The average Bonchev–Trinajstić information content (AvgIpc) is 3.46. The molecule has 0 saturated carbocycles. The van der Waals surface area contributed by atoms with Gasteiger partial charge in [0, 0.05) is 66.1 Å². The lowest BCUT2D eigenvalue weighted by Gasteiger charge is -2.32. The highest BCUT2D eigenvalue weighted by atomic mass is 16.5. The number of H-pyrrole nitrogens is 1. The molecular formula is C31H35N7O. The number of anilines is 2. The number of likely N-dealkylation sites (N-methyl/N-ethyl adjacent to an activating group) is 1. The fourth-order valence-corrected chi connectivity index (χ4v) is 5.11. The first-order chi connectivity index (χ1) is 19.1. The molecule has 0 aliphatic carbocycles. The Labute approximate surface area is 229 Å². The van der Waals surface area contributed by atoms with Gasteiger partial charge in [0.1, 0.15) is 18.4 Å². The van der Waals surface area contributed by atoms with Crippen molar-refractivity contribution in [1.82, 2.24) is 25.2 Å². The molecule has 4 aromatic rings. The summed E-state index contributed by atoms with van der Waals surface area (Å²) in [6.07, 6.45) is 15.2. The number of nitrogens with zero attached hydrogens (tertiary/aromatic N) is 4. The zero-order chi connectivity index (χ0) is 27.0. The number of pyridine rings is 2. The van der Waals surface area contributed by atoms with Crippen LogP contribution in [0.25, 0.3) is 23.1 Å². The van der Waals surface area contributed by atoms with Gasteiger partial charge >= 0.3 is 0 Å². The first kappa shape index (κ1) is 26.4. The zero-order valence-electron chi connectivity index (χ0n) is 22.6. The molecule has 1 fully saturated rings. The van der Waals surface area contributed by atoms with Gasteiger partial charge < -0.3 is 25.3 Å². The third kappa shape index (κ3) is 6.45. The van der Waals surface area contributed by atoms with Gasteiger partial charge in [-0.3, -0.25) is 9.97 Å². The average molecular weight is 522 g/mol. The van der Waals surface area contributed by atoms with E-state index < -0.39 is 0 Å². The Kier molecular flexibility index (Phi) is 8.51. The van der Waals surface area contributed by atoms with Crippen molar-refractivity contribution in [2.45, 2.75) is 32.7 Å². The normalized spacial score (nSPS) is 16.0. The van der Waals surface area contributed by atoms with E-state index in [1.165, 1.54) is 19.4 Å². The predicted molar refractivity (Wildman–Crippen MR) is 157 cm³/mol. The smallest absolute Gasteiger partial charge is 0.138 e. The molecule has 0 amide bonds. The molecule has 1 aromatic carbocycles. The van der Waals surface area contributed by atoms with Crippen molar-refractivity contribution < 1.29 is 4.74 Å². The summed E-state index contributed by atoms with van der Waals surface area (Å²) in [6, 6.07) is 10.9. The molecule has 1 saturated heterocycles.